The molecule has 0 heterocycles. The molecule has 6 heteroatoms. The summed E-state index contributed by atoms with van der Waals surface area (Å²) in [7, 11) is 4.12. The first kappa shape index (κ1) is 48.6. The number of nitrogens with zero attached hydrogens (tertiary/aromatic N) is 1. The minimum atomic E-state index is -0.0608. The first-order chi connectivity index (χ1) is 23.8. The van der Waals surface area contributed by atoms with E-state index in [0.29, 0.717) is 50.6 Å². The molecule has 0 N–H and O–H groups in total. The smallest absolute Gasteiger partial charge is 0.305 e. The van der Waals surface area contributed by atoms with Crippen molar-refractivity contribution in [1.29, 1.82) is 0 Å². The van der Waals surface area contributed by atoms with E-state index in [9.17, 15) is 14.4 Å². The molecule has 0 unspecified atom stereocenters. The summed E-state index contributed by atoms with van der Waals surface area (Å²) >= 11 is 0. The van der Waals surface area contributed by atoms with Crippen LogP contribution in [-0.2, 0) is 23.9 Å². The van der Waals surface area contributed by atoms with Gasteiger partial charge in [0, 0.05) is 25.7 Å². The Morgan fingerprint density at radius 1 is 0.520 bits per heavy atom. The number of unbranched alkanes of at least 4 members (excludes halogenated alkanes) is 12. The maximum Gasteiger partial charge on any atom is 0.305 e. The number of hydrogen-bond acceptors (Lipinski definition) is 6. The SMILES string of the molecule is CCCCCCCCCOC(=O)CCC(C)(C)CCCC(CCCC(C)(C)CCC(=O)OCCCCCCCCC)CC(=O)CCCN(C)C. The van der Waals surface area contributed by atoms with Crippen LogP contribution in [0.15, 0.2) is 0 Å². The number of Topliss-reactive ketones (excluding diaryl/α,β-unsaturated/α-hetero) is 1. The second kappa shape index (κ2) is 31.1. The van der Waals surface area contributed by atoms with E-state index >= 15 is 0 Å². The maximum absolute atomic E-state index is 13.0. The average Bonchev–Trinajstić information content (AvgIpc) is 3.05. The van der Waals surface area contributed by atoms with Gasteiger partial charge in [0.2, 0.25) is 0 Å². The molecule has 0 spiro atoms. The number of ether oxygens (including phenoxy) is 2. The van der Waals surface area contributed by atoms with Crippen molar-refractivity contribution in [2.45, 2.75) is 215 Å². The quantitative estimate of drug-likeness (QED) is 0.0477. The molecule has 50 heavy (non-hydrogen) atoms. The van der Waals surface area contributed by atoms with Crippen molar-refractivity contribution in [2.75, 3.05) is 33.9 Å². The lowest BCUT2D eigenvalue weighted by molar-refractivity contribution is -0.145. The van der Waals surface area contributed by atoms with Gasteiger partial charge in [-0.05, 0) is 82.3 Å². The van der Waals surface area contributed by atoms with Gasteiger partial charge in [-0.15, -0.1) is 0 Å². The van der Waals surface area contributed by atoms with Crippen LogP contribution in [0.5, 0.6) is 0 Å². The summed E-state index contributed by atoms with van der Waals surface area (Å²) in [6.45, 7) is 15.6. The third-order valence-electron chi connectivity index (χ3n) is 10.5. The Kier molecular flexibility index (Phi) is 30.2. The monoisotopic (exact) mass is 708 g/mol. The minimum Gasteiger partial charge on any atom is -0.466 e. The molecule has 0 saturated carbocycles. The van der Waals surface area contributed by atoms with Crippen LogP contribution in [0.1, 0.15) is 215 Å². The molecule has 0 aliphatic rings. The summed E-state index contributed by atoms with van der Waals surface area (Å²) in [5.74, 6) is 0.665. The number of carbonyl (C=O) groups excluding carboxylic acids is 3. The lowest BCUT2D eigenvalue weighted by Crippen LogP contribution is -2.18. The number of hydrogen-bond donors (Lipinski definition) is 0. The highest BCUT2D eigenvalue weighted by atomic mass is 16.5. The van der Waals surface area contributed by atoms with Crippen LogP contribution in [0.3, 0.4) is 0 Å². The highest BCUT2D eigenvalue weighted by molar-refractivity contribution is 5.78. The van der Waals surface area contributed by atoms with E-state index in [1.54, 1.807) is 0 Å². The fourth-order valence-corrected chi connectivity index (χ4v) is 6.87. The predicted molar refractivity (Wildman–Crippen MR) is 213 cm³/mol. The van der Waals surface area contributed by atoms with Crippen LogP contribution in [0.4, 0.5) is 0 Å². The van der Waals surface area contributed by atoms with Crippen LogP contribution in [0, 0.1) is 16.7 Å². The lowest BCUT2D eigenvalue weighted by Gasteiger charge is -2.27. The Morgan fingerprint density at radius 3 is 1.32 bits per heavy atom. The van der Waals surface area contributed by atoms with Crippen molar-refractivity contribution in [3.05, 3.63) is 0 Å². The van der Waals surface area contributed by atoms with Gasteiger partial charge in [-0.25, -0.2) is 0 Å². The highest BCUT2D eigenvalue weighted by Crippen LogP contribution is 2.34. The summed E-state index contributed by atoms with van der Waals surface area (Å²) in [5.41, 5.74) is 0.146. The molecule has 0 rings (SSSR count). The number of esters is 2. The highest BCUT2D eigenvalue weighted by Gasteiger charge is 2.23. The molecule has 0 saturated heterocycles. The van der Waals surface area contributed by atoms with Crippen LogP contribution < -0.4 is 0 Å². The zero-order valence-electron chi connectivity index (χ0n) is 34.8. The van der Waals surface area contributed by atoms with Crippen LogP contribution in [-0.4, -0.2) is 56.5 Å². The summed E-state index contributed by atoms with van der Waals surface area (Å²) in [6, 6.07) is 0. The molecule has 0 atom stereocenters. The van der Waals surface area contributed by atoms with Gasteiger partial charge in [0.1, 0.15) is 5.78 Å². The Labute approximate surface area is 311 Å². The molecule has 296 valence electrons. The van der Waals surface area contributed by atoms with E-state index < -0.39 is 0 Å². The summed E-state index contributed by atoms with van der Waals surface area (Å²) in [5, 5.41) is 0. The molecular formula is C44H85NO5. The third kappa shape index (κ3) is 32.5. The molecule has 0 bridgehead atoms. The van der Waals surface area contributed by atoms with Crippen molar-refractivity contribution in [2.24, 2.45) is 16.7 Å². The fraction of sp³-hybridized carbons (Fsp3) is 0.932. The topological polar surface area (TPSA) is 72.9 Å². The van der Waals surface area contributed by atoms with Gasteiger partial charge in [0.25, 0.3) is 0 Å². The molecule has 0 aliphatic heterocycles. The van der Waals surface area contributed by atoms with Crippen molar-refractivity contribution < 1.29 is 23.9 Å². The Hall–Kier alpha value is -1.43. The molecule has 0 fully saturated rings. The van der Waals surface area contributed by atoms with E-state index in [1.165, 1.54) is 64.2 Å². The first-order valence-corrected chi connectivity index (χ1v) is 21.3. The van der Waals surface area contributed by atoms with E-state index in [-0.39, 0.29) is 22.8 Å². The molecular weight excluding hydrogens is 622 g/mol. The van der Waals surface area contributed by atoms with Crippen LogP contribution in [0.25, 0.3) is 0 Å². The van der Waals surface area contributed by atoms with Gasteiger partial charge in [-0.2, -0.15) is 0 Å². The Balaban J connectivity index is 4.59. The van der Waals surface area contributed by atoms with Gasteiger partial charge in [-0.1, -0.05) is 144 Å². The largest absolute Gasteiger partial charge is 0.466 e. The Morgan fingerprint density at radius 2 is 0.920 bits per heavy atom. The molecule has 0 aliphatic carbocycles. The predicted octanol–water partition coefficient (Wildman–Crippen LogP) is 12.4. The zero-order chi connectivity index (χ0) is 37.5. The molecule has 0 aromatic carbocycles. The van der Waals surface area contributed by atoms with Crippen molar-refractivity contribution in [3.63, 3.8) is 0 Å². The van der Waals surface area contributed by atoms with Crippen molar-refractivity contribution in [3.8, 4) is 0 Å². The maximum atomic E-state index is 13.0. The second-order valence-corrected chi connectivity index (χ2v) is 17.3. The van der Waals surface area contributed by atoms with E-state index in [0.717, 1.165) is 90.0 Å². The molecule has 6 nitrogen and oxygen atoms in total. The second-order valence-electron chi connectivity index (χ2n) is 17.3. The summed E-state index contributed by atoms with van der Waals surface area (Å²) in [6.07, 6.45) is 28.3. The molecule has 0 amide bonds. The molecule has 0 radical (unpaired) electrons. The lowest BCUT2D eigenvalue weighted by atomic mass is 9.79. The first-order valence-electron chi connectivity index (χ1n) is 21.3. The number of carbonyl (C=O) groups is 3. The Bertz CT molecular complexity index is 782. The number of ketones is 1. The van der Waals surface area contributed by atoms with E-state index in [2.05, 4.69) is 60.5 Å². The molecule has 0 aromatic rings. The van der Waals surface area contributed by atoms with E-state index in [1.807, 2.05) is 0 Å². The van der Waals surface area contributed by atoms with Gasteiger partial charge in [0.05, 0.1) is 13.2 Å². The third-order valence-corrected chi connectivity index (χ3v) is 10.5. The minimum absolute atomic E-state index is 0.0608. The summed E-state index contributed by atoms with van der Waals surface area (Å²) in [4.78, 5) is 39.9. The van der Waals surface area contributed by atoms with Gasteiger partial charge < -0.3 is 14.4 Å². The normalized spacial score (nSPS) is 12.2. The van der Waals surface area contributed by atoms with Crippen molar-refractivity contribution in [1.82, 2.24) is 4.90 Å². The molecule has 0 aromatic heterocycles. The van der Waals surface area contributed by atoms with E-state index in [4.69, 9.17) is 9.47 Å². The summed E-state index contributed by atoms with van der Waals surface area (Å²) < 4.78 is 11.1. The number of rotatable bonds is 36. The average molecular weight is 708 g/mol. The standard InChI is InChI=1S/C44H85NO5/c1-9-11-13-15-17-19-21-36-49-41(47)29-33-43(3,4)31-23-26-39(38-40(46)28-25-35-45(7)8)27-24-32-44(5,6)34-30-42(48)50-37-22-20-18-16-14-12-10-2/h39H,9-38H2,1-8H3. The van der Waals surface area contributed by atoms with Crippen molar-refractivity contribution >= 4 is 17.7 Å². The zero-order valence-corrected chi connectivity index (χ0v) is 34.8. The van der Waals surface area contributed by atoms with Gasteiger partial charge >= 0.3 is 11.9 Å². The van der Waals surface area contributed by atoms with Gasteiger partial charge in [-0.3, -0.25) is 14.4 Å². The van der Waals surface area contributed by atoms with Gasteiger partial charge in [0.15, 0.2) is 0 Å². The van der Waals surface area contributed by atoms with Crippen LogP contribution in [0.2, 0.25) is 0 Å². The van der Waals surface area contributed by atoms with Crippen LogP contribution >= 0.6 is 0 Å². The fourth-order valence-electron chi connectivity index (χ4n) is 6.87.